The van der Waals surface area contributed by atoms with Crippen molar-refractivity contribution in [2.45, 2.75) is 32.6 Å². The number of phenolic OH excluding ortho intramolecular Hbond substituents is 1. The van der Waals surface area contributed by atoms with Crippen LogP contribution in [0.4, 0.5) is 0 Å². The van der Waals surface area contributed by atoms with Gasteiger partial charge in [0.15, 0.2) is 0 Å². The van der Waals surface area contributed by atoms with Crippen molar-refractivity contribution < 1.29 is 5.11 Å². The van der Waals surface area contributed by atoms with Crippen molar-refractivity contribution in [2.75, 3.05) is 13.1 Å². The summed E-state index contributed by atoms with van der Waals surface area (Å²) in [5, 5.41) is 13.3. The Bertz CT molecular complexity index is 354. The minimum absolute atomic E-state index is 0.470. The lowest BCUT2D eigenvalue weighted by atomic mass is 9.95. The van der Waals surface area contributed by atoms with E-state index in [9.17, 15) is 5.11 Å². The molecule has 0 aromatic heterocycles. The van der Waals surface area contributed by atoms with E-state index in [0.717, 1.165) is 25.1 Å². The average molecular weight is 219 g/mol. The van der Waals surface area contributed by atoms with Crippen molar-refractivity contribution in [1.82, 2.24) is 5.32 Å². The molecule has 0 spiro atoms. The van der Waals surface area contributed by atoms with Crippen LogP contribution in [0.15, 0.2) is 18.2 Å². The fraction of sp³-hybridized carbons (Fsp3) is 0.571. The van der Waals surface area contributed by atoms with E-state index >= 15 is 0 Å². The van der Waals surface area contributed by atoms with E-state index in [0.29, 0.717) is 17.6 Å². The first-order valence-corrected chi connectivity index (χ1v) is 6.19. The number of nitrogens with one attached hydrogen (secondary N) is 1. The molecule has 1 saturated heterocycles. The summed E-state index contributed by atoms with van der Waals surface area (Å²) in [6.45, 7) is 6.51. The minimum Gasteiger partial charge on any atom is -0.508 e. The van der Waals surface area contributed by atoms with Gasteiger partial charge in [0, 0.05) is 0 Å². The molecular formula is C14H21NO. The molecule has 88 valence electrons. The Morgan fingerprint density at radius 1 is 1.44 bits per heavy atom. The maximum Gasteiger partial charge on any atom is 0.119 e. The highest BCUT2D eigenvalue weighted by Crippen LogP contribution is 2.26. The van der Waals surface area contributed by atoms with Gasteiger partial charge in [0.05, 0.1) is 0 Å². The first-order valence-electron chi connectivity index (χ1n) is 6.19. The van der Waals surface area contributed by atoms with Gasteiger partial charge in [-0.3, -0.25) is 0 Å². The first-order chi connectivity index (χ1) is 7.66. The molecule has 1 heterocycles. The Labute approximate surface area is 97.7 Å². The summed E-state index contributed by atoms with van der Waals surface area (Å²) in [5.74, 6) is 1.64. The van der Waals surface area contributed by atoms with E-state index in [1.54, 1.807) is 0 Å². The molecular weight excluding hydrogens is 198 g/mol. The van der Waals surface area contributed by atoms with Crippen molar-refractivity contribution in [3.05, 3.63) is 29.3 Å². The fourth-order valence-electron chi connectivity index (χ4n) is 2.31. The predicted octanol–water partition coefficient (Wildman–Crippen LogP) is 2.67. The Morgan fingerprint density at radius 3 is 2.81 bits per heavy atom. The van der Waals surface area contributed by atoms with E-state index in [-0.39, 0.29) is 0 Å². The van der Waals surface area contributed by atoms with E-state index in [1.807, 2.05) is 6.07 Å². The van der Waals surface area contributed by atoms with Gasteiger partial charge in [-0.1, -0.05) is 26.0 Å². The number of aromatic hydroxyl groups is 1. The van der Waals surface area contributed by atoms with E-state index < -0.39 is 0 Å². The summed E-state index contributed by atoms with van der Waals surface area (Å²) < 4.78 is 0. The van der Waals surface area contributed by atoms with E-state index in [4.69, 9.17) is 0 Å². The largest absolute Gasteiger partial charge is 0.508 e. The van der Waals surface area contributed by atoms with Gasteiger partial charge in [0.1, 0.15) is 5.75 Å². The first kappa shape index (κ1) is 11.5. The highest BCUT2D eigenvalue weighted by atomic mass is 16.3. The molecule has 1 atom stereocenters. The molecule has 0 amide bonds. The number of hydrogen-bond acceptors (Lipinski definition) is 2. The van der Waals surface area contributed by atoms with Crippen molar-refractivity contribution in [2.24, 2.45) is 5.92 Å². The molecule has 1 aliphatic heterocycles. The zero-order valence-corrected chi connectivity index (χ0v) is 10.2. The summed E-state index contributed by atoms with van der Waals surface area (Å²) in [5.41, 5.74) is 2.31. The number of benzene rings is 1. The summed E-state index contributed by atoms with van der Waals surface area (Å²) in [7, 11) is 0. The van der Waals surface area contributed by atoms with E-state index in [1.165, 1.54) is 12.0 Å². The van der Waals surface area contributed by atoms with Crippen LogP contribution in [0, 0.1) is 5.92 Å². The molecule has 1 aromatic carbocycles. The van der Waals surface area contributed by atoms with Crippen LogP contribution in [0.3, 0.4) is 0 Å². The lowest BCUT2D eigenvalue weighted by Crippen LogP contribution is -2.10. The van der Waals surface area contributed by atoms with Crippen LogP contribution >= 0.6 is 0 Å². The van der Waals surface area contributed by atoms with Crippen molar-refractivity contribution >= 4 is 0 Å². The van der Waals surface area contributed by atoms with Crippen LogP contribution in [0.5, 0.6) is 5.75 Å². The van der Waals surface area contributed by atoms with Crippen LogP contribution in [0.2, 0.25) is 0 Å². The van der Waals surface area contributed by atoms with Crippen molar-refractivity contribution in [3.63, 3.8) is 0 Å². The van der Waals surface area contributed by atoms with Crippen LogP contribution < -0.4 is 5.32 Å². The lowest BCUT2D eigenvalue weighted by Gasteiger charge is -2.12. The van der Waals surface area contributed by atoms with Gasteiger partial charge in [0.2, 0.25) is 0 Å². The summed E-state index contributed by atoms with van der Waals surface area (Å²) in [4.78, 5) is 0. The highest BCUT2D eigenvalue weighted by Gasteiger charge is 2.16. The second kappa shape index (κ2) is 4.88. The molecule has 16 heavy (non-hydrogen) atoms. The van der Waals surface area contributed by atoms with Gasteiger partial charge >= 0.3 is 0 Å². The third kappa shape index (κ3) is 2.56. The summed E-state index contributed by atoms with van der Waals surface area (Å²) in [6, 6.07) is 6.15. The molecule has 0 aliphatic carbocycles. The Kier molecular flexibility index (Phi) is 3.49. The third-order valence-electron chi connectivity index (χ3n) is 3.45. The Morgan fingerprint density at radius 2 is 2.25 bits per heavy atom. The average Bonchev–Trinajstić information content (AvgIpc) is 2.73. The number of hydrogen-bond donors (Lipinski definition) is 2. The molecule has 0 bridgehead atoms. The molecule has 2 rings (SSSR count). The van der Waals surface area contributed by atoms with Gasteiger partial charge < -0.3 is 10.4 Å². The second-order valence-electron chi connectivity index (χ2n) is 5.11. The molecule has 1 aliphatic rings. The summed E-state index contributed by atoms with van der Waals surface area (Å²) in [6.07, 6.45) is 2.22. The number of rotatable bonds is 3. The lowest BCUT2D eigenvalue weighted by molar-refractivity contribution is 0.458. The van der Waals surface area contributed by atoms with Crippen LogP contribution in [-0.4, -0.2) is 18.2 Å². The quantitative estimate of drug-likeness (QED) is 0.819. The molecule has 1 unspecified atom stereocenters. The second-order valence-corrected chi connectivity index (χ2v) is 5.11. The Balaban J connectivity index is 2.09. The van der Waals surface area contributed by atoms with Gasteiger partial charge in [-0.15, -0.1) is 0 Å². The minimum atomic E-state index is 0.470. The zero-order valence-electron chi connectivity index (χ0n) is 10.2. The molecule has 0 radical (unpaired) electrons. The van der Waals surface area contributed by atoms with Gasteiger partial charge in [0.25, 0.3) is 0 Å². The molecule has 2 nitrogen and oxygen atoms in total. The SMILES string of the molecule is CC(C)c1ccc(CC2CCNC2)c(O)c1. The van der Waals surface area contributed by atoms with Crippen LogP contribution in [0.1, 0.15) is 37.3 Å². The maximum absolute atomic E-state index is 9.98. The topological polar surface area (TPSA) is 32.3 Å². The predicted molar refractivity (Wildman–Crippen MR) is 66.9 cm³/mol. The number of phenols is 1. The zero-order chi connectivity index (χ0) is 11.5. The van der Waals surface area contributed by atoms with Crippen LogP contribution in [0.25, 0.3) is 0 Å². The molecule has 2 heteroatoms. The third-order valence-corrected chi connectivity index (χ3v) is 3.45. The molecule has 2 N–H and O–H groups in total. The van der Waals surface area contributed by atoms with Crippen molar-refractivity contribution in [3.8, 4) is 5.75 Å². The van der Waals surface area contributed by atoms with Gasteiger partial charge in [-0.05, 0) is 55.0 Å². The molecule has 1 aromatic rings. The Hall–Kier alpha value is -1.02. The van der Waals surface area contributed by atoms with Gasteiger partial charge in [-0.25, -0.2) is 0 Å². The smallest absolute Gasteiger partial charge is 0.119 e. The molecule has 1 fully saturated rings. The highest BCUT2D eigenvalue weighted by molar-refractivity contribution is 5.37. The monoisotopic (exact) mass is 219 g/mol. The standard InChI is InChI=1S/C14H21NO/c1-10(2)12-3-4-13(14(16)8-12)7-11-5-6-15-9-11/h3-4,8,10-11,15-16H,5-7,9H2,1-2H3. The maximum atomic E-state index is 9.98. The van der Waals surface area contributed by atoms with E-state index in [2.05, 4.69) is 31.3 Å². The van der Waals surface area contributed by atoms with Gasteiger partial charge in [-0.2, -0.15) is 0 Å². The normalized spacial score (nSPS) is 20.6. The summed E-state index contributed by atoms with van der Waals surface area (Å²) >= 11 is 0. The molecule has 0 saturated carbocycles. The fourth-order valence-corrected chi connectivity index (χ4v) is 2.31. The van der Waals surface area contributed by atoms with Crippen molar-refractivity contribution in [1.29, 1.82) is 0 Å². The van der Waals surface area contributed by atoms with Crippen LogP contribution in [-0.2, 0) is 6.42 Å².